The average Bonchev–Trinajstić information content (AvgIpc) is 2.89. The fourth-order valence-corrected chi connectivity index (χ4v) is 3.67. The van der Waals surface area contributed by atoms with Crippen molar-refractivity contribution in [1.29, 1.82) is 0 Å². The third-order valence-electron chi connectivity index (χ3n) is 5.37. The van der Waals surface area contributed by atoms with Crippen molar-refractivity contribution >= 4 is 0 Å². The van der Waals surface area contributed by atoms with Gasteiger partial charge in [-0.05, 0) is 88.5 Å². The summed E-state index contributed by atoms with van der Waals surface area (Å²) in [6.07, 6.45) is 7.15. The molecule has 0 aliphatic rings. The third kappa shape index (κ3) is 5.78. The Morgan fingerprint density at radius 3 is 0.912 bits per heavy atom. The van der Waals surface area contributed by atoms with Gasteiger partial charge in [-0.3, -0.25) is 9.97 Å². The van der Waals surface area contributed by atoms with E-state index in [1.165, 1.54) is 11.1 Å². The monoisotopic (exact) mass is 448 g/mol. The Morgan fingerprint density at radius 1 is 0.382 bits per heavy atom. The maximum Gasteiger partial charge on any atom is 0.115 e. The number of nitrogens with zero attached hydrogens (tertiary/aromatic N) is 2. The number of phenolic OH excluding ortho intramolecular Hbond substituents is 3. The van der Waals surface area contributed by atoms with Crippen LogP contribution in [-0.2, 0) is 0 Å². The van der Waals surface area contributed by atoms with E-state index in [0.29, 0.717) is 0 Å². The lowest BCUT2D eigenvalue weighted by molar-refractivity contribution is 0.475. The quantitative estimate of drug-likeness (QED) is 0.288. The van der Waals surface area contributed by atoms with Crippen molar-refractivity contribution in [2.24, 2.45) is 0 Å². The van der Waals surface area contributed by atoms with E-state index in [1.54, 1.807) is 61.2 Å². The van der Waals surface area contributed by atoms with E-state index < -0.39 is 0 Å². The minimum absolute atomic E-state index is 0.0400. The fraction of sp³-hybridized carbons (Fsp3) is 0.0345. The molecule has 0 saturated heterocycles. The van der Waals surface area contributed by atoms with Gasteiger partial charge in [0.2, 0.25) is 0 Å². The second kappa shape index (κ2) is 10.8. The van der Waals surface area contributed by atoms with Crippen molar-refractivity contribution in [3.63, 3.8) is 0 Å². The summed E-state index contributed by atoms with van der Waals surface area (Å²) < 4.78 is 0. The van der Waals surface area contributed by atoms with Crippen LogP contribution in [0.25, 0.3) is 11.1 Å². The molecule has 0 radical (unpaired) electrons. The lowest BCUT2D eigenvalue weighted by atomic mass is 9.85. The first kappa shape index (κ1) is 22.6. The number of pyridine rings is 2. The molecule has 5 nitrogen and oxygen atoms in total. The summed E-state index contributed by atoms with van der Waals surface area (Å²) in [6, 6.07) is 29.1. The number of phenols is 3. The van der Waals surface area contributed by atoms with E-state index in [4.69, 9.17) is 0 Å². The molecule has 0 saturated carbocycles. The molecule has 0 spiro atoms. The van der Waals surface area contributed by atoms with Crippen LogP contribution in [0.4, 0.5) is 0 Å². The summed E-state index contributed by atoms with van der Waals surface area (Å²) in [5, 5.41) is 28.5. The summed E-state index contributed by atoms with van der Waals surface area (Å²) in [5.41, 5.74) is 5.41. The Morgan fingerprint density at radius 2 is 0.647 bits per heavy atom. The van der Waals surface area contributed by atoms with Crippen LogP contribution in [0, 0.1) is 0 Å². The molecule has 0 unspecified atom stereocenters. The number of hydrogen-bond donors (Lipinski definition) is 3. The third-order valence-corrected chi connectivity index (χ3v) is 5.37. The zero-order chi connectivity index (χ0) is 23.8. The van der Waals surface area contributed by atoms with Gasteiger partial charge in [0.05, 0.1) is 0 Å². The highest BCUT2D eigenvalue weighted by atomic mass is 16.3. The highest BCUT2D eigenvalue weighted by molar-refractivity contribution is 5.61. The number of aromatic hydroxyl groups is 3. The first-order valence-electron chi connectivity index (χ1n) is 10.8. The van der Waals surface area contributed by atoms with Gasteiger partial charge in [0.25, 0.3) is 0 Å². The van der Waals surface area contributed by atoms with Crippen LogP contribution in [0.15, 0.2) is 122 Å². The van der Waals surface area contributed by atoms with Crippen molar-refractivity contribution in [2.45, 2.75) is 5.92 Å². The molecule has 5 rings (SSSR count). The second-order valence-electron chi connectivity index (χ2n) is 7.68. The highest BCUT2D eigenvalue weighted by Crippen LogP contribution is 2.34. The van der Waals surface area contributed by atoms with Gasteiger partial charge in [0.15, 0.2) is 0 Å². The molecular weight excluding hydrogens is 424 g/mol. The number of hydrogen-bond acceptors (Lipinski definition) is 5. The Hall–Kier alpha value is -4.64. The van der Waals surface area contributed by atoms with Gasteiger partial charge >= 0.3 is 0 Å². The topological polar surface area (TPSA) is 86.5 Å². The maximum atomic E-state index is 9.49. The molecule has 34 heavy (non-hydrogen) atoms. The predicted octanol–water partition coefficient (Wildman–Crippen LogP) is 6.13. The van der Waals surface area contributed by atoms with E-state index in [9.17, 15) is 15.3 Å². The van der Waals surface area contributed by atoms with Gasteiger partial charge < -0.3 is 15.3 Å². The molecule has 0 amide bonds. The predicted molar refractivity (Wildman–Crippen MR) is 133 cm³/mol. The average molecular weight is 449 g/mol. The zero-order valence-electron chi connectivity index (χ0n) is 18.4. The van der Waals surface area contributed by atoms with Gasteiger partial charge in [0, 0.05) is 30.7 Å². The molecule has 0 atom stereocenters. The van der Waals surface area contributed by atoms with Crippen LogP contribution in [-0.4, -0.2) is 25.3 Å². The van der Waals surface area contributed by atoms with E-state index in [0.717, 1.165) is 16.7 Å². The van der Waals surface area contributed by atoms with Gasteiger partial charge in [-0.25, -0.2) is 0 Å². The molecule has 5 heteroatoms. The molecule has 3 aromatic carbocycles. The Balaban J connectivity index is 0.000000192. The summed E-state index contributed by atoms with van der Waals surface area (Å²) in [4.78, 5) is 7.91. The summed E-state index contributed by atoms with van der Waals surface area (Å²) >= 11 is 0. The zero-order valence-corrected chi connectivity index (χ0v) is 18.4. The SMILES string of the molecule is Oc1ccc(C(c2ccc(O)cc2)c2ccc(O)cc2)cc1.c1cc(-c2ccncc2)ccn1. The number of rotatable bonds is 4. The van der Waals surface area contributed by atoms with Crippen LogP contribution in [0.1, 0.15) is 22.6 Å². The van der Waals surface area contributed by atoms with Crippen LogP contribution in [0.5, 0.6) is 17.2 Å². The van der Waals surface area contributed by atoms with Gasteiger partial charge in [0.1, 0.15) is 17.2 Å². The maximum absolute atomic E-state index is 9.49. The largest absolute Gasteiger partial charge is 0.508 e. The molecule has 0 fully saturated rings. The minimum Gasteiger partial charge on any atom is -0.508 e. The van der Waals surface area contributed by atoms with E-state index >= 15 is 0 Å². The van der Waals surface area contributed by atoms with Crippen molar-refractivity contribution in [3.05, 3.63) is 139 Å². The van der Waals surface area contributed by atoms with Crippen molar-refractivity contribution in [3.8, 4) is 28.4 Å². The summed E-state index contributed by atoms with van der Waals surface area (Å²) in [5.74, 6) is 0.624. The molecule has 168 valence electrons. The number of aromatic nitrogens is 2. The lowest BCUT2D eigenvalue weighted by Gasteiger charge is -2.19. The van der Waals surface area contributed by atoms with Crippen molar-refractivity contribution in [2.75, 3.05) is 0 Å². The Labute approximate surface area is 198 Å². The molecular formula is C29H24N2O3. The van der Waals surface area contributed by atoms with Crippen LogP contribution in [0.2, 0.25) is 0 Å². The molecule has 3 N–H and O–H groups in total. The Bertz CT molecular complexity index is 1140. The van der Waals surface area contributed by atoms with Crippen LogP contribution >= 0.6 is 0 Å². The molecule has 0 bridgehead atoms. The lowest BCUT2D eigenvalue weighted by Crippen LogP contribution is -2.03. The van der Waals surface area contributed by atoms with Crippen LogP contribution < -0.4 is 0 Å². The van der Waals surface area contributed by atoms with Crippen molar-refractivity contribution < 1.29 is 15.3 Å². The van der Waals surface area contributed by atoms with Gasteiger partial charge in [-0.2, -0.15) is 0 Å². The summed E-state index contributed by atoms with van der Waals surface area (Å²) in [7, 11) is 0. The summed E-state index contributed by atoms with van der Waals surface area (Å²) in [6.45, 7) is 0. The first-order valence-corrected chi connectivity index (χ1v) is 10.8. The van der Waals surface area contributed by atoms with E-state index in [1.807, 2.05) is 60.7 Å². The Kier molecular flexibility index (Phi) is 7.16. The molecule has 2 heterocycles. The van der Waals surface area contributed by atoms with Gasteiger partial charge in [-0.1, -0.05) is 36.4 Å². The molecule has 0 aliphatic heterocycles. The second-order valence-corrected chi connectivity index (χ2v) is 7.68. The van der Waals surface area contributed by atoms with Crippen LogP contribution in [0.3, 0.4) is 0 Å². The van der Waals surface area contributed by atoms with E-state index in [2.05, 4.69) is 9.97 Å². The standard InChI is InChI=1S/C19H16O3.C10H8N2/c20-16-7-1-13(2-8-16)19(14-3-9-17(21)10-4-14)15-5-11-18(22)12-6-15;1-5-11-6-2-9(1)10-3-7-12-8-4-10/h1-12,19-22H;1-8H. The number of benzene rings is 3. The van der Waals surface area contributed by atoms with E-state index in [-0.39, 0.29) is 23.2 Å². The highest BCUT2D eigenvalue weighted by Gasteiger charge is 2.17. The minimum atomic E-state index is -0.0400. The molecule has 0 aliphatic carbocycles. The molecule has 2 aromatic heterocycles. The smallest absolute Gasteiger partial charge is 0.115 e. The van der Waals surface area contributed by atoms with Crippen molar-refractivity contribution in [1.82, 2.24) is 9.97 Å². The fourth-order valence-electron chi connectivity index (χ4n) is 3.67. The first-order chi connectivity index (χ1) is 16.6. The normalized spacial score (nSPS) is 10.4. The molecule has 5 aromatic rings. The van der Waals surface area contributed by atoms with Gasteiger partial charge in [-0.15, -0.1) is 0 Å².